The van der Waals surface area contributed by atoms with Gasteiger partial charge in [0.25, 0.3) is 5.91 Å². The summed E-state index contributed by atoms with van der Waals surface area (Å²) in [4.78, 5) is 16.3. The van der Waals surface area contributed by atoms with Crippen LogP contribution in [0.2, 0.25) is 0 Å². The van der Waals surface area contributed by atoms with Gasteiger partial charge in [0.2, 0.25) is 0 Å². The molecule has 0 aliphatic carbocycles. The fraction of sp³-hybridized carbons (Fsp3) is 0.0652. The van der Waals surface area contributed by atoms with E-state index in [1.165, 1.54) is 22.3 Å². The summed E-state index contributed by atoms with van der Waals surface area (Å²) in [5, 5.41) is 14.1. The first-order valence-electron chi connectivity index (χ1n) is 17.0. The number of hydrogen-bond acceptors (Lipinski definition) is 2. The molecule has 1 unspecified atom stereocenters. The van der Waals surface area contributed by atoms with Crippen molar-refractivity contribution in [3.63, 3.8) is 0 Å². The van der Waals surface area contributed by atoms with Gasteiger partial charge >= 0.3 is 0 Å². The standard InChI is InChI=1S/C46H34N2O2/c1-29-13-6-8-17-34(29)32-23-25-37-38-26-24-33(35-18-9-7-14-30(35)2)28-43(38)47(42(37)27-32)41-22-12-20-39-44(41)46(50)48(45(39)49)40-21-11-10-19-36(40)31-15-4-3-5-16-31/h3-28,45,49H,1-2H3. The van der Waals surface area contributed by atoms with E-state index in [0.717, 1.165) is 49.7 Å². The van der Waals surface area contributed by atoms with E-state index in [0.29, 0.717) is 16.8 Å². The van der Waals surface area contributed by atoms with Crippen LogP contribution in [0.5, 0.6) is 0 Å². The van der Waals surface area contributed by atoms with Gasteiger partial charge in [0.15, 0.2) is 6.23 Å². The summed E-state index contributed by atoms with van der Waals surface area (Å²) in [6, 6.07) is 53.7. The highest BCUT2D eigenvalue weighted by atomic mass is 16.3. The van der Waals surface area contributed by atoms with Gasteiger partial charge in [0.1, 0.15) is 0 Å². The van der Waals surface area contributed by atoms with E-state index in [-0.39, 0.29) is 5.91 Å². The number of amides is 1. The van der Waals surface area contributed by atoms with E-state index in [1.54, 1.807) is 4.90 Å². The zero-order valence-electron chi connectivity index (χ0n) is 27.8. The number of aromatic nitrogens is 1. The van der Waals surface area contributed by atoms with Gasteiger partial charge in [-0.1, -0.05) is 133 Å². The van der Waals surface area contributed by atoms with Crippen LogP contribution in [0.4, 0.5) is 5.69 Å². The van der Waals surface area contributed by atoms with Crippen LogP contribution < -0.4 is 4.90 Å². The zero-order valence-corrected chi connectivity index (χ0v) is 27.8. The van der Waals surface area contributed by atoms with Crippen LogP contribution in [0, 0.1) is 13.8 Å². The lowest BCUT2D eigenvalue weighted by molar-refractivity contribution is 0.0935. The number of para-hydroxylation sites is 1. The molecular weight excluding hydrogens is 613 g/mol. The van der Waals surface area contributed by atoms with Crippen molar-refractivity contribution in [2.75, 3.05) is 4.90 Å². The normalized spacial score (nSPS) is 14.1. The van der Waals surface area contributed by atoms with Crippen molar-refractivity contribution < 1.29 is 9.90 Å². The second kappa shape index (κ2) is 11.7. The van der Waals surface area contributed by atoms with Crippen LogP contribution in [0.1, 0.15) is 33.3 Å². The lowest BCUT2D eigenvalue weighted by Gasteiger charge is -2.24. The van der Waals surface area contributed by atoms with E-state index < -0.39 is 6.23 Å². The summed E-state index contributed by atoms with van der Waals surface area (Å²) in [5.41, 5.74) is 13.3. The summed E-state index contributed by atoms with van der Waals surface area (Å²) in [5.74, 6) is -0.230. The average molecular weight is 647 g/mol. The average Bonchev–Trinajstić information content (AvgIpc) is 3.61. The molecule has 1 aliphatic heterocycles. The number of hydrogen-bond donors (Lipinski definition) is 1. The predicted octanol–water partition coefficient (Wildman–Crippen LogP) is 11.1. The monoisotopic (exact) mass is 646 g/mol. The number of aliphatic hydroxyl groups excluding tert-OH is 1. The van der Waals surface area contributed by atoms with Crippen LogP contribution >= 0.6 is 0 Å². The van der Waals surface area contributed by atoms with Crippen LogP contribution in [0.25, 0.3) is 60.9 Å². The summed E-state index contributed by atoms with van der Waals surface area (Å²) in [7, 11) is 0. The van der Waals surface area contributed by atoms with Gasteiger partial charge in [-0.05, 0) is 77.1 Å². The summed E-state index contributed by atoms with van der Waals surface area (Å²) in [6.07, 6.45) is -1.14. The third-order valence-electron chi connectivity index (χ3n) is 10.2. The minimum Gasteiger partial charge on any atom is -0.369 e. The molecule has 0 spiro atoms. The predicted molar refractivity (Wildman–Crippen MR) is 205 cm³/mol. The molecule has 240 valence electrons. The van der Waals surface area contributed by atoms with Crippen molar-refractivity contribution >= 4 is 33.4 Å². The molecule has 1 amide bonds. The summed E-state index contributed by atoms with van der Waals surface area (Å²) in [6.45, 7) is 4.27. The number of carbonyl (C=O) groups is 1. The number of aliphatic hydroxyl groups is 1. The number of benzene rings is 7. The smallest absolute Gasteiger partial charge is 0.263 e. The van der Waals surface area contributed by atoms with Gasteiger partial charge < -0.3 is 9.67 Å². The molecule has 0 bridgehead atoms. The van der Waals surface area contributed by atoms with Crippen LogP contribution in [0.15, 0.2) is 158 Å². The van der Waals surface area contributed by atoms with Gasteiger partial charge in [-0.25, -0.2) is 0 Å². The molecule has 2 heterocycles. The van der Waals surface area contributed by atoms with Gasteiger partial charge in [-0.15, -0.1) is 0 Å². The third kappa shape index (κ3) is 4.61. The Labute approximate surface area is 291 Å². The summed E-state index contributed by atoms with van der Waals surface area (Å²) < 4.78 is 2.23. The molecule has 1 aliphatic rings. The number of fused-ring (bicyclic) bond motifs is 4. The first-order chi connectivity index (χ1) is 24.5. The second-order valence-electron chi connectivity index (χ2n) is 13.1. The van der Waals surface area contributed by atoms with E-state index in [4.69, 9.17) is 0 Å². The molecule has 8 aromatic rings. The molecule has 50 heavy (non-hydrogen) atoms. The van der Waals surface area contributed by atoms with Gasteiger partial charge in [-0.3, -0.25) is 9.69 Å². The Bertz CT molecular complexity index is 2510. The summed E-state index contributed by atoms with van der Waals surface area (Å²) >= 11 is 0. The Balaban J connectivity index is 1.30. The molecule has 0 radical (unpaired) electrons. The molecule has 1 N–H and O–H groups in total. The maximum atomic E-state index is 14.8. The highest BCUT2D eigenvalue weighted by Gasteiger charge is 2.40. The molecule has 9 rings (SSSR count). The van der Waals surface area contributed by atoms with Gasteiger partial charge in [-0.2, -0.15) is 0 Å². The SMILES string of the molecule is Cc1ccccc1-c1ccc2c3ccc(-c4ccccc4C)cc3n(-c3cccc4c3C(=O)N(c3ccccc3-c3ccccc3)C4O)c2c1. The van der Waals surface area contributed by atoms with Crippen molar-refractivity contribution in [1.82, 2.24) is 4.57 Å². The van der Waals surface area contributed by atoms with Crippen molar-refractivity contribution in [3.05, 3.63) is 180 Å². The topological polar surface area (TPSA) is 45.5 Å². The number of carbonyl (C=O) groups excluding carboxylic acids is 1. The molecule has 4 heteroatoms. The first-order valence-corrected chi connectivity index (χ1v) is 17.0. The Morgan fingerprint density at radius 2 is 1.02 bits per heavy atom. The molecule has 1 aromatic heterocycles. The highest BCUT2D eigenvalue weighted by molar-refractivity contribution is 6.17. The molecule has 4 nitrogen and oxygen atoms in total. The fourth-order valence-corrected chi connectivity index (χ4v) is 7.76. The number of rotatable bonds is 5. The minimum atomic E-state index is -1.14. The Kier molecular flexibility index (Phi) is 7.01. The van der Waals surface area contributed by atoms with Crippen LogP contribution in [0.3, 0.4) is 0 Å². The van der Waals surface area contributed by atoms with Gasteiger partial charge in [0.05, 0.1) is 28.0 Å². The lowest BCUT2D eigenvalue weighted by atomic mass is 9.98. The van der Waals surface area contributed by atoms with Crippen molar-refractivity contribution in [2.45, 2.75) is 20.1 Å². The molecule has 7 aromatic carbocycles. The van der Waals surface area contributed by atoms with Crippen molar-refractivity contribution in [3.8, 4) is 39.1 Å². The van der Waals surface area contributed by atoms with E-state index in [2.05, 4.69) is 103 Å². The van der Waals surface area contributed by atoms with Crippen LogP contribution in [-0.4, -0.2) is 15.6 Å². The van der Waals surface area contributed by atoms with E-state index in [1.807, 2.05) is 72.8 Å². The molecule has 0 saturated carbocycles. The first kappa shape index (κ1) is 29.9. The molecular formula is C46H34N2O2. The lowest BCUT2D eigenvalue weighted by Crippen LogP contribution is -2.28. The van der Waals surface area contributed by atoms with Gasteiger partial charge in [0, 0.05) is 21.9 Å². The fourth-order valence-electron chi connectivity index (χ4n) is 7.76. The third-order valence-corrected chi connectivity index (χ3v) is 10.2. The Morgan fingerprint density at radius 1 is 0.500 bits per heavy atom. The van der Waals surface area contributed by atoms with E-state index in [9.17, 15) is 9.90 Å². The van der Waals surface area contributed by atoms with Crippen LogP contribution in [-0.2, 0) is 0 Å². The largest absolute Gasteiger partial charge is 0.369 e. The number of anilines is 1. The van der Waals surface area contributed by atoms with E-state index >= 15 is 0 Å². The van der Waals surface area contributed by atoms with Crippen molar-refractivity contribution in [2.24, 2.45) is 0 Å². The quantitative estimate of drug-likeness (QED) is 0.202. The molecule has 0 fully saturated rings. The Morgan fingerprint density at radius 3 is 1.62 bits per heavy atom. The maximum Gasteiger partial charge on any atom is 0.263 e. The number of nitrogens with zero attached hydrogens (tertiary/aromatic N) is 2. The number of aryl methyl sites for hydroxylation is 2. The maximum absolute atomic E-state index is 14.8. The second-order valence-corrected chi connectivity index (χ2v) is 13.1. The molecule has 1 atom stereocenters. The minimum absolute atomic E-state index is 0.230. The highest BCUT2D eigenvalue weighted by Crippen LogP contribution is 2.45. The van der Waals surface area contributed by atoms with Crippen molar-refractivity contribution in [1.29, 1.82) is 0 Å². The molecule has 0 saturated heterocycles. The Hall–Kier alpha value is -6.23. The zero-order chi connectivity index (χ0) is 33.9.